The number of benzene rings is 2. The molecule has 3 nitrogen and oxygen atoms in total. The molecule has 0 radical (unpaired) electrons. The number of nitrogens with zero attached hydrogens (tertiary/aromatic N) is 1. The van der Waals surface area contributed by atoms with Crippen molar-refractivity contribution in [2.24, 2.45) is 5.92 Å². The van der Waals surface area contributed by atoms with Crippen LogP contribution in [0.15, 0.2) is 54.6 Å². The predicted octanol–water partition coefficient (Wildman–Crippen LogP) is 3.86. The first-order valence-corrected chi connectivity index (χ1v) is 8.30. The maximum atomic E-state index is 13.2. The van der Waals surface area contributed by atoms with Gasteiger partial charge in [-0.25, -0.2) is 4.39 Å². The first-order valence-electron chi connectivity index (χ1n) is 8.30. The second kappa shape index (κ2) is 7.14. The van der Waals surface area contributed by atoms with Crippen LogP contribution in [0.4, 0.5) is 4.39 Å². The molecule has 0 spiro atoms. The standard InChI is InChI=1S/C20H22FNO2/c1-22(19(24)13-18(23)14-5-3-2-4-6-14)20(15-7-8-15)16-9-11-17(21)12-10-16/h2-6,9-12,15,18,20,23H,7-8,13H2,1H3. The van der Waals surface area contributed by atoms with Gasteiger partial charge in [-0.2, -0.15) is 0 Å². The third-order valence-electron chi connectivity index (χ3n) is 4.64. The molecule has 0 heterocycles. The minimum absolute atomic E-state index is 0.0466. The molecule has 24 heavy (non-hydrogen) atoms. The van der Waals surface area contributed by atoms with E-state index in [-0.39, 0.29) is 24.2 Å². The van der Waals surface area contributed by atoms with Gasteiger partial charge in [0, 0.05) is 7.05 Å². The van der Waals surface area contributed by atoms with E-state index in [1.54, 1.807) is 24.1 Å². The molecule has 2 aromatic rings. The Bertz CT molecular complexity index is 683. The maximum Gasteiger partial charge on any atom is 0.225 e. The molecule has 0 bridgehead atoms. The topological polar surface area (TPSA) is 40.5 Å². The number of aliphatic hydroxyl groups is 1. The summed E-state index contributed by atoms with van der Waals surface area (Å²) in [6, 6.07) is 15.5. The molecule has 2 aromatic carbocycles. The molecule has 1 N–H and O–H groups in total. The van der Waals surface area contributed by atoms with Crippen molar-refractivity contribution in [3.8, 4) is 0 Å². The Morgan fingerprint density at radius 2 is 1.75 bits per heavy atom. The number of hydrogen-bond donors (Lipinski definition) is 1. The van der Waals surface area contributed by atoms with Crippen molar-refractivity contribution >= 4 is 5.91 Å². The lowest BCUT2D eigenvalue weighted by Gasteiger charge is -2.29. The summed E-state index contributed by atoms with van der Waals surface area (Å²) in [5.41, 5.74) is 1.69. The van der Waals surface area contributed by atoms with Crippen LogP contribution in [0.5, 0.6) is 0 Å². The summed E-state index contributed by atoms with van der Waals surface area (Å²) in [5.74, 6) is 0.0348. The quantitative estimate of drug-likeness (QED) is 0.875. The molecule has 126 valence electrons. The Kier molecular flexibility index (Phi) is 4.95. The van der Waals surface area contributed by atoms with Gasteiger partial charge in [0.25, 0.3) is 0 Å². The first-order chi connectivity index (χ1) is 11.6. The van der Waals surface area contributed by atoms with Crippen LogP contribution in [-0.2, 0) is 4.79 Å². The second-order valence-corrected chi connectivity index (χ2v) is 6.47. The molecule has 4 heteroatoms. The van der Waals surface area contributed by atoms with Crippen LogP contribution >= 0.6 is 0 Å². The van der Waals surface area contributed by atoms with E-state index >= 15 is 0 Å². The lowest BCUT2D eigenvalue weighted by molar-refractivity contribution is -0.134. The number of hydrogen-bond acceptors (Lipinski definition) is 2. The van der Waals surface area contributed by atoms with Crippen molar-refractivity contribution in [2.75, 3.05) is 7.05 Å². The summed E-state index contributed by atoms with van der Waals surface area (Å²) in [6.45, 7) is 0. The highest BCUT2D eigenvalue weighted by Gasteiger charge is 2.37. The van der Waals surface area contributed by atoms with E-state index in [1.165, 1.54) is 12.1 Å². The molecule has 1 fully saturated rings. The number of amides is 1. The highest BCUT2D eigenvalue weighted by atomic mass is 19.1. The molecule has 3 rings (SSSR count). The van der Waals surface area contributed by atoms with Crippen LogP contribution in [0.25, 0.3) is 0 Å². The molecular weight excluding hydrogens is 305 g/mol. The normalized spacial score (nSPS) is 16.5. The number of halogens is 1. The molecule has 0 saturated heterocycles. The average Bonchev–Trinajstić information content (AvgIpc) is 3.42. The molecule has 2 unspecified atom stereocenters. The van der Waals surface area contributed by atoms with Gasteiger partial charge in [-0.1, -0.05) is 42.5 Å². The van der Waals surface area contributed by atoms with Gasteiger partial charge in [0.05, 0.1) is 18.6 Å². The van der Waals surface area contributed by atoms with E-state index in [0.29, 0.717) is 5.92 Å². The van der Waals surface area contributed by atoms with Gasteiger partial charge in [0.1, 0.15) is 5.82 Å². The van der Waals surface area contributed by atoms with Crippen LogP contribution in [0.1, 0.15) is 42.5 Å². The van der Waals surface area contributed by atoms with Crippen LogP contribution < -0.4 is 0 Å². The average molecular weight is 327 g/mol. The van der Waals surface area contributed by atoms with Crippen molar-refractivity contribution < 1.29 is 14.3 Å². The monoisotopic (exact) mass is 327 g/mol. The zero-order valence-electron chi connectivity index (χ0n) is 13.7. The molecular formula is C20H22FNO2. The Labute approximate surface area is 141 Å². The zero-order chi connectivity index (χ0) is 17.1. The molecule has 0 aromatic heterocycles. The minimum Gasteiger partial charge on any atom is -0.388 e. The molecule has 0 aliphatic heterocycles. The van der Waals surface area contributed by atoms with E-state index in [9.17, 15) is 14.3 Å². The van der Waals surface area contributed by atoms with Crippen molar-refractivity contribution in [3.63, 3.8) is 0 Å². The van der Waals surface area contributed by atoms with Gasteiger partial charge < -0.3 is 10.0 Å². The molecule has 1 amide bonds. The molecule has 2 atom stereocenters. The lowest BCUT2D eigenvalue weighted by Crippen LogP contribution is -2.33. The number of carbonyl (C=O) groups excluding carboxylic acids is 1. The van der Waals surface area contributed by atoms with Gasteiger partial charge in [0.2, 0.25) is 5.91 Å². The van der Waals surface area contributed by atoms with Crippen LogP contribution in [0.3, 0.4) is 0 Å². The van der Waals surface area contributed by atoms with Gasteiger partial charge in [-0.05, 0) is 42.0 Å². The van der Waals surface area contributed by atoms with E-state index in [2.05, 4.69) is 0 Å². The highest BCUT2D eigenvalue weighted by Crippen LogP contribution is 2.44. The largest absolute Gasteiger partial charge is 0.388 e. The van der Waals surface area contributed by atoms with Gasteiger partial charge >= 0.3 is 0 Å². The number of aliphatic hydroxyl groups excluding tert-OH is 1. The zero-order valence-corrected chi connectivity index (χ0v) is 13.7. The van der Waals surface area contributed by atoms with Crippen LogP contribution in [0, 0.1) is 11.7 Å². The lowest BCUT2D eigenvalue weighted by atomic mass is 9.99. The van der Waals surface area contributed by atoms with Crippen molar-refractivity contribution in [3.05, 3.63) is 71.5 Å². The molecule has 1 aliphatic carbocycles. The smallest absolute Gasteiger partial charge is 0.225 e. The van der Waals surface area contributed by atoms with E-state index in [0.717, 1.165) is 24.0 Å². The third-order valence-corrected chi connectivity index (χ3v) is 4.64. The minimum atomic E-state index is -0.811. The van der Waals surface area contributed by atoms with Crippen LogP contribution in [-0.4, -0.2) is 23.0 Å². The summed E-state index contributed by atoms with van der Waals surface area (Å²) >= 11 is 0. The summed E-state index contributed by atoms with van der Waals surface area (Å²) in [7, 11) is 1.77. The van der Waals surface area contributed by atoms with Crippen LogP contribution in [0.2, 0.25) is 0 Å². The Balaban J connectivity index is 1.71. The summed E-state index contributed by atoms with van der Waals surface area (Å²) < 4.78 is 13.2. The third kappa shape index (κ3) is 3.82. The van der Waals surface area contributed by atoms with Gasteiger partial charge in [-0.15, -0.1) is 0 Å². The van der Waals surface area contributed by atoms with Crippen molar-refractivity contribution in [1.29, 1.82) is 0 Å². The van der Waals surface area contributed by atoms with E-state index < -0.39 is 6.10 Å². The number of rotatable bonds is 6. The van der Waals surface area contributed by atoms with Gasteiger partial charge in [-0.3, -0.25) is 4.79 Å². The predicted molar refractivity (Wildman–Crippen MR) is 90.7 cm³/mol. The first kappa shape index (κ1) is 16.7. The highest BCUT2D eigenvalue weighted by molar-refractivity contribution is 5.77. The van der Waals surface area contributed by atoms with Crippen molar-refractivity contribution in [2.45, 2.75) is 31.4 Å². The van der Waals surface area contributed by atoms with E-state index in [4.69, 9.17) is 0 Å². The maximum absolute atomic E-state index is 13.2. The summed E-state index contributed by atoms with van der Waals surface area (Å²) in [4.78, 5) is 14.3. The Morgan fingerprint density at radius 1 is 1.12 bits per heavy atom. The summed E-state index contributed by atoms with van der Waals surface area (Å²) in [6.07, 6.45) is 1.38. The molecule has 1 aliphatic rings. The van der Waals surface area contributed by atoms with E-state index in [1.807, 2.05) is 30.3 Å². The SMILES string of the molecule is CN(C(=O)CC(O)c1ccccc1)C(c1ccc(F)cc1)C1CC1. The fraction of sp³-hybridized carbons (Fsp3) is 0.350. The fourth-order valence-electron chi connectivity index (χ4n) is 3.14. The molecule has 1 saturated carbocycles. The Morgan fingerprint density at radius 3 is 2.33 bits per heavy atom. The number of carbonyl (C=O) groups is 1. The van der Waals surface area contributed by atoms with Gasteiger partial charge in [0.15, 0.2) is 0 Å². The van der Waals surface area contributed by atoms with Crippen molar-refractivity contribution in [1.82, 2.24) is 4.90 Å². The Hall–Kier alpha value is -2.20. The summed E-state index contributed by atoms with van der Waals surface area (Å²) in [5, 5.41) is 10.3. The fourth-order valence-corrected chi connectivity index (χ4v) is 3.14. The second-order valence-electron chi connectivity index (χ2n) is 6.47.